The molecule has 1 aliphatic heterocycles. The van der Waals surface area contributed by atoms with Crippen LogP contribution in [0.15, 0.2) is 47.4 Å². The Kier molecular flexibility index (Phi) is 7.75. The van der Waals surface area contributed by atoms with Crippen LogP contribution in [0.2, 0.25) is 0 Å². The van der Waals surface area contributed by atoms with Crippen LogP contribution in [0.25, 0.3) is 10.2 Å². The molecule has 2 aromatic carbocycles. The molecule has 1 unspecified atom stereocenters. The molecule has 35 heavy (non-hydrogen) atoms. The third-order valence-corrected chi connectivity index (χ3v) is 9.11. The number of rotatable bonds is 8. The van der Waals surface area contributed by atoms with E-state index in [2.05, 4.69) is 11.9 Å². The first kappa shape index (κ1) is 25.6. The maximum atomic E-state index is 13.6. The number of benzene rings is 2. The van der Waals surface area contributed by atoms with Gasteiger partial charge in [-0.1, -0.05) is 18.3 Å². The number of hydrogen-bond donors (Lipinski definition) is 0. The van der Waals surface area contributed by atoms with Crippen molar-refractivity contribution < 1.29 is 17.9 Å². The molecule has 1 saturated heterocycles. The third kappa shape index (κ3) is 5.66. The van der Waals surface area contributed by atoms with Crippen molar-refractivity contribution in [2.45, 2.75) is 24.7 Å². The maximum Gasteiger partial charge on any atom is 0.260 e. The van der Waals surface area contributed by atoms with Gasteiger partial charge in [-0.05, 0) is 75.3 Å². The Morgan fingerprint density at radius 3 is 2.57 bits per heavy atom. The number of anilines is 1. The van der Waals surface area contributed by atoms with Crippen LogP contribution in [-0.2, 0) is 10.0 Å². The van der Waals surface area contributed by atoms with Crippen molar-refractivity contribution in [3.8, 4) is 5.75 Å². The second-order valence-electron chi connectivity index (χ2n) is 9.22. The normalized spacial score (nSPS) is 17.1. The number of carbonyl (C=O) groups is 1. The van der Waals surface area contributed by atoms with Gasteiger partial charge in [0.1, 0.15) is 5.75 Å². The Hall–Kier alpha value is -2.53. The molecule has 0 N–H and O–H groups in total. The molecular weight excluding hydrogens is 484 g/mol. The van der Waals surface area contributed by atoms with Crippen LogP contribution in [0.4, 0.5) is 5.13 Å². The smallest absolute Gasteiger partial charge is 0.260 e. The minimum Gasteiger partial charge on any atom is -0.497 e. The minimum atomic E-state index is -3.58. The predicted molar refractivity (Wildman–Crippen MR) is 140 cm³/mol. The molecule has 0 aliphatic carbocycles. The molecule has 1 atom stereocenters. The molecule has 0 radical (unpaired) electrons. The van der Waals surface area contributed by atoms with E-state index >= 15 is 0 Å². The number of thiazole rings is 1. The topological polar surface area (TPSA) is 83.0 Å². The van der Waals surface area contributed by atoms with Crippen molar-refractivity contribution in [2.24, 2.45) is 5.92 Å². The lowest BCUT2D eigenvalue weighted by Gasteiger charge is -2.30. The monoisotopic (exact) mass is 516 g/mol. The zero-order chi connectivity index (χ0) is 25.2. The second-order valence-corrected chi connectivity index (χ2v) is 12.2. The second kappa shape index (κ2) is 10.6. The Balaban J connectivity index is 1.61. The van der Waals surface area contributed by atoms with Gasteiger partial charge in [0.2, 0.25) is 10.0 Å². The van der Waals surface area contributed by atoms with Gasteiger partial charge in [0.15, 0.2) is 5.13 Å². The Labute approximate surface area is 211 Å². The van der Waals surface area contributed by atoms with Crippen molar-refractivity contribution in [2.75, 3.05) is 52.3 Å². The molecule has 188 valence electrons. The van der Waals surface area contributed by atoms with Crippen molar-refractivity contribution in [3.05, 3.63) is 48.0 Å². The van der Waals surface area contributed by atoms with E-state index < -0.39 is 10.0 Å². The molecule has 1 amide bonds. The summed E-state index contributed by atoms with van der Waals surface area (Å²) >= 11 is 1.43. The number of likely N-dealkylation sites (N-methyl/N-ethyl adjacent to an activating group) is 1. The van der Waals surface area contributed by atoms with E-state index in [1.165, 1.54) is 23.5 Å². The number of aromatic nitrogens is 1. The summed E-state index contributed by atoms with van der Waals surface area (Å²) < 4.78 is 34.0. The van der Waals surface area contributed by atoms with Gasteiger partial charge in [-0.15, -0.1) is 0 Å². The first-order chi connectivity index (χ1) is 16.7. The summed E-state index contributed by atoms with van der Waals surface area (Å²) in [6, 6.07) is 11.9. The van der Waals surface area contributed by atoms with E-state index in [0.29, 0.717) is 42.8 Å². The van der Waals surface area contributed by atoms with E-state index in [1.54, 1.807) is 28.4 Å². The first-order valence-corrected chi connectivity index (χ1v) is 14.0. The molecule has 1 aliphatic rings. The highest BCUT2D eigenvalue weighted by molar-refractivity contribution is 7.89. The van der Waals surface area contributed by atoms with Gasteiger partial charge in [0.05, 0.1) is 22.2 Å². The van der Waals surface area contributed by atoms with Gasteiger partial charge in [0, 0.05) is 31.7 Å². The van der Waals surface area contributed by atoms with Gasteiger partial charge >= 0.3 is 0 Å². The molecule has 3 aromatic rings. The van der Waals surface area contributed by atoms with E-state index in [9.17, 15) is 13.2 Å². The average Bonchev–Trinajstić information content (AvgIpc) is 3.26. The van der Waals surface area contributed by atoms with E-state index in [4.69, 9.17) is 4.74 Å². The number of methoxy groups -OCH3 is 1. The third-order valence-electron chi connectivity index (χ3n) is 6.19. The summed E-state index contributed by atoms with van der Waals surface area (Å²) in [5.74, 6) is 0.866. The molecule has 0 saturated carbocycles. The number of ether oxygens (including phenoxy) is 1. The highest BCUT2D eigenvalue weighted by Gasteiger charge is 2.29. The largest absolute Gasteiger partial charge is 0.497 e. The van der Waals surface area contributed by atoms with E-state index in [1.807, 2.05) is 37.2 Å². The molecule has 4 rings (SSSR count). The minimum absolute atomic E-state index is 0.214. The van der Waals surface area contributed by atoms with Crippen molar-refractivity contribution in [1.29, 1.82) is 0 Å². The number of sulfonamides is 1. The van der Waals surface area contributed by atoms with Crippen LogP contribution in [0.5, 0.6) is 5.75 Å². The Morgan fingerprint density at radius 1 is 1.17 bits per heavy atom. The number of fused-ring (bicyclic) bond motifs is 1. The van der Waals surface area contributed by atoms with Crippen LogP contribution >= 0.6 is 11.3 Å². The summed E-state index contributed by atoms with van der Waals surface area (Å²) in [5.41, 5.74) is 1.22. The number of nitrogens with zero attached hydrogens (tertiary/aromatic N) is 4. The van der Waals surface area contributed by atoms with Gasteiger partial charge in [0.25, 0.3) is 5.91 Å². The summed E-state index contributed by atoms with van der Waals surface area (Å²) in [6.07, 6.45) is 1.91. The fraction of sp³-hybridized carbons (Fsp3) is 0.440. The molecule has 10 heteroatoms. The standard InChI is InChI=1S/C25H32N4O4S2/c1-18-6-5-13-28(17-18)35(31,32)21-10-7-19(8-11-21)24(30)29(15-14-27(2)3)25-26-22-12-9-20(33-4)16-23(22)34-25/h7-12,16,18H,5-6,13-15,17H2,1-4H3. The molecule has 1 fully saturated rings. The Morgan fingerprint density at radius 2 is 1.91 bits per heavy atom. The van der Waals surface area contributed by atoms with E-state index in [0.717, 1.165) is 28.8 Å². The number of amides is 1. The number of hydrogen-bond acceptors (Lipinski definition) is 7. The van der Waals surface area contributed by atoms with Crippen molar-refractivity contribution in [1.82, 2.24) is 14.2 Å². The van der Waals surface area contributed by atoms with Gasteiger partial charge in [-0.3, -0.25) is 9.69 Å². The molecule has 0 bridgehead atoms. The predicted octanol–water partition coefficient (Wildman–Crippen LogP) is 3.93. The average molecular weight is 517 g/mol. The van der Waals surface area contributed by atoms with Crippen LogP contribution in [0.3, 0.4) is 0 Å². The highest BCUT2D eigenvalue weighted by atomic mass is 32.2. The number of piperidine rings is 1. The fourth-order valence-electron chi connectivity index (χ4n) is 4.16. The lowest BCUT2D eigenvalue weighted by molar-refractivity contribution is 0.0985. The fourth-order valence-corrected chi connectivity index (χ4v) is 6.78. The van der Waals surface area contributed by atoms with Crippen LogP contribution in [0.1, 0.15) is 30.1 Å². The van der Waals surface area contributed by atoms with Crippen molar-refractivity contribution >= 4 is 42.6 Å². The lowest BCUT2D eigenvalue weighted by Crippen LogP contribution is -2.39. The number of carbonyl (C=O) groups excluding carboxylic acids is 1. The molecule has 1 aromatic heterocycles. The first-order valence-electron chi connectivity index (χ1n) is 11.7. The van der Waals surface area contributed by atoms with Crippen molar-refractivity contribution in [3.63, 3.8) is 0 Å². The zero-order valence-corrected chi connectivity index (χ0v) is 22.2. The van der Waals surface area contributed by atoms with Gasteiger partial charge < -0.3 is 9.64 Å². The molecular formula is C25H32N4O4S2. The molecule has 2 heterocycles. The van der Waals surface area contributed by atoms with Gasteiger partial charge in [-0.25, -0.2) is 13.4 Å². The molecule has 8 nitrogen and oxygen atoms in total. The zero-order valence-electron chi connectivity index (χ0n) is 20.6. The van der Waals surface area contributed by atoms with Crippen LogP contribution in [-0.4, -0.2) is 75.9 Å². The van der Waals surface area contributed by atoms with Crippen LogP contribution in [0, 0.1) is 5.92 Å². The molecule has 0 spiro atoms. The summed E-state index contributed by atoms with van der Waals surface area (Å²) in [5, 5.41) is 0.596. The SMILES string of the molecule is COc1ccc2nc(N(CCN(C)C)C(=O)c3ccc(S(=O)(=O)N4CCCC(C)C4)cc3)sc2c1. The lowest BCUT2D eigenvalue weighted by atomic mass is 10.0. The highest BCUT2D eigenvalue weighted by Crippen LogP contribution is 2.32. The van der Waals surface area contributed by atoms with E-state index in [-0.39, 0.29) is 10.8 Å². The summed E-state index contributed by atoms with van der Waals surface area (Å²) in [6.45, 7) is 4.25. The maximum absolute atomic E-state index is 13.6. The summed E-state index contributed by atoms with van der Waals surface area (Å²) in [4.78, 5) is 22.1. The van der Waals surface area contributed by atoms with Gasteiger partial charge in [-0.2, -0.15) is 4.31 Å². The van der Waals surface area contributed by atoms with Crippen LogP contribution < -0.4 is 9.64 Å². The Bertz CT molecular complexity index is 1290. The summed E-state index contributed by atoms with van der Waals surface area (Å²) in [7, 11) is 1.94. The quantitative estimate of drug-likeness (QED) is 0.451.